The van der Waals surface area contributed by atoms with E-state index < -0.39 is 10.0 Å². The highest BCUT2D eigenvalue weighted by molar-refractivity contribution is 7.89. The van der Waals surface area contributed by atoms with Crippen molar-refractivity contribution < 1.29 is 13.2 Å². The lowest BCUT2D eigenvalue weighted by molar-refractivity contribution is 0.225. The monoisotopic (exact) mass is 295 g/mol. The Balaban J connectivity index is 1.91. The van der Waals surface area contributed by atoms with Crippen molar-refractivity contribution in [2.45, 2.75) is 18.1 Å². The summed E-state index contributed by atoms with van der Waals surface area (Å²) in [7, 11) is -1.87. The predicted molar refractivity (Wildman–Crippen MR) is 74.9 cm³/mol. The molecule has 1 N–H and O–H groups in total. The summed E-state index contributed by atoms with van der Waals surface area (Å²) in [5, 5.41) is 0.00640. The molecule has 0 aliphatic carbocycles. The van der Waals surface area contributed by atoms with Crippen LogP contribution in [0.15, 0.2) is 47.9 Å². The van der Waals surface area contributed by atoms with Gasteiger partial charge in [-0.05, 0) is 19.1 Å². The first-order chi connectivity index (χ1) is 9.47. The van der Waals surface area contributed by atoms with Crippen molar-refractivity contribution in [3.05, 3.63) is 42.9 Å². The summed E-state index contributed by atoms with van der Waals surface area (Å²) >= 11 is 0. The molecule has 108 valence electrons. The number of hydrogen-bond donors (Lipinski definition) is 1. The van der Waals surface area contributed by atoms with E-state index in [0.717, 1.165) is 0 Å². The van der Waals surface area contributed by atoms with Crippen LogP contribution in [0.1, 0.15) is 6.92 Å². The number of aromatic nitrogens is 2. The van der Waals surface area contributed by atoms with Crippen LogP contribution in [0.3, 0.4) is 0 Å². The van der Waals surface area contributed by atoms with Gasteiger partial charge in [-0.3, -0.25) is 0 Å². The maximum absolute atomic E-state index is 12.0. The lowest BCUT2D eigenvalue weighted by Crippen LogP contribution is -2.33. The number of hydrogen-bond acceptors (Lipinski definition) is 4. The third-order valence-electron chi connectivity index (χ3n) is 2.60. The summed E-state index contributed by atoms with van der Waals surface area (Å²) in [5.41, 5.74) is 0. The van der Waals surface area contributed by atoms with Crippen molar-refractivity contribution in [2.24, 2.45) is 7.05 Å². The smallest absolute Gasteiger partial charge is 0.259 e. The van der Waals surface area contributed by atoms with Crippen LogP contribution >= 0.6 is 0 Å². The van der Waals surface area contributed by atoms with E-state index >= 15 is 0 Å². The Morgan fingerprint density at radius 1 is 1.35 bits per heavy atom. The Labute approximate surface area is 118 Å². The fourth-order valence-electron chi connectivity index (χ4n) is 1.60. The first kappa shape index (κ1) is 14.5. The molecule has 2 rings (SSSR count). The third-order valence-corrected chi connectivity index (χ3v) is 3.91. The summed E-state index contributed by atoms with van der Waals surface area (Å²) in [5.74, 6) is 0.706. The minimum Gasteiger partial charge on any atom is -0.489 e. The molecule has 0 amide bonds. The van der Waals surface area contributed by atoms with Crippen molar-refractivity contribution in [2.75, 3.05) is 6.54 Å². The largest absolute Gasteiger partial charge is 0.489 e. The zero-order valence-electron chi connectivity index (χ0n) is 11.4. The van der Waals surface area contributed by atoms with Gasteiger partial charge in [0.15, 0.2) is 5.03 Å². The molecule has 0 unspecified atom stereocenters. The lowest BCUT2D eigenvalue weighted by atomic mass is 10.3. The number of sulfonamides is 1. The molecule has 0 saturated heterocycles. The van der Waals surface area contributed by atoms with Gasteiger partial charge in [-0.25, -0.2) is 18.1 Å². The number of rotatable bonds is 6. The van der Waals surface area contributed by atoms with Crippen molar-refractivity contribution in [1.29, 1.82) is 0 Å². The molecule has 1 atom stereocenters. The molecule has 0 radical (unpaired) electrons. The van der Waals surface area contributed by atoms with Crippen LogP contribution in [0, 0.1) is 0 Å². The maximum atomic E-state index is 12.0. The van der Waals surface area contributed by atoms with E-state index in [1.165, 1.54) is 12.5 Å². The highest BCUT2D eigenvalue weighted by atomic mass is 32.2. The minimum atomic E-state index is -3.59. The molecule has 1 aromatic heterocycles. The average molecular weight is 295 g/mol. The quantitative estimate of drug-likeness (QED) is 0.868. The van der Waals surface area contributed by atoms with E-state index in [9.17, 15) is 8.42 Å². The van der Waals surface area contributed by atoms with E-state index in [2.05, 4.69) is 9.71 Å². The Morgan fingerprint density at radius 2 is 2.05 bits per heavy atom. The van der Waals surface area contributed by atoms with Crippen LogP contribution in [0.2, 0.25) is 0 Å². The van der Waals surface area contributed by atoms with Gasteiger partial charge in [0.2, 0.25) is 0 Å². The second-order valence-electron chi connectivity index (χ2n) is 4.47. The molecule has 0 spiro atoms. The number of para-hydroxylation sites is 1. The van der Waals surface area contributed by atoms with Gasteiger partial charge in [-0.2, -0.15) is 0 Å². The highest BCUT2D eigenvalue weighted by Crippen LogP contribution is 2.11. The summed E-state index contributed by atoms with van der Waals surface area (Å²) in [6.45, 7) is 1.97. The van der Waals surface area contributed by atoms with E-state index in [4.69, 9.17) is 4.74 Å². The molecule has 0 aliphatic rings. The number of benzene rings is 1. The van der Waals surface area contributed by atoms with Gasteiger partial charge in [-0.15, -0.1) is 0 Å². The Kier molecular flexibility index (Phi) is 4.41. The van der Waals surface area contributed by atoms with Crippen LogP contribution in [-0.2, 0) is 17.1 Å². The van der Waals surface area contributed by atoms with Crippen LogP contribution in [0.4, 0.5) is 0 Å². The summed E-state index contributed by atoms with van der Waals surface area (Å²) in [6, 6.07) is 9.26. The van der Waals surface area contributed by atoms with Crippen molar-refractivity contribution >= 4 is 10.0 Å². The molecule has 0 fully saturated rings. The molecule has 1 aromatic carbocycles. The number of nitrogens with zero attached hydrogens (tertiary/aromatic N) is 2. The average Bonchev–Trinajstić information content (AvgIpc) is 2.85. The number of imidazole rings is 1. The summed E-state index contributed by atoms with van der Waals surface area (Å²) in [4.78, 5) is 3.82. The Morgan fingerprint density at radius 3 is 2.65 bits per heavy atom. The predicted octanol–water partition coefficient (Wildman–Crippen LogP) is 1.17. The number of aryl methyl sites for hydroxylation is 1. The lowest BCUT2D eigenvalue weighted by Gasteiger charge is -2.14. The van der Waals surface area contributed by atoms with Crippen LogP contribution in [0.5, 0.6) is 5.75 Å². The molecule has 0 saturated carbocycles. The van der Waals surface area contributed by atoms with Crippen LogP contribution < -0.4 is 9.46 Å². The zero-order valence-corrected chi connectivity index (χ0v) is 12.2. The van der Waals surface area contributed by atoms with Crippen molar-refractivity contribution in [1.82, 2.24) is 14.3 Å². The first-order valence-corrected chi connectivity index (χ1v) is 7.65. The maximum Gasteiger partial charge on any atom is 0.259 e. The third kappa shape index (κ3) is 3.82. The molecule has 6 nitrogen and oxygen atoms in total. The molecule has 7 heteroatoms. The normalized spacial score (nSPS) is 13.1. The van der Waals surface area contributed by atoms with Gasteiger partial charge in [0, 0.05) is 19.8 Å². The van der Waals surface area contributed by atoms with E-state index in [1.807, 2.05) is 30.3 Å². The molecule has 2 aromatic rings. The number of nitrogens with one attached hydrogen (secondary N) is 1. The second kappa shape index (κ2) is 6.06. The molecule has 0 aliphatic heterocycles. The molecular weight excluding hydrogens is 278 g/mol. The topological polar surface area (TPSA) is 73.2 Å². The van der Waals surface area contributed by atoms with Crippen LogP contribution in [0.25, 0.3) is 0 Å². The van der Waals surface area contributed by atoms with Crippen LogP contribution in [-0.4, -0.2) is 30.6 Å². The highest BCUT2D eigenvalue weighted by Gasteiger charge is 2.18. The zero-order chi connectivity index (χ0) is 14.6. The van der Waals surface area contributed by atoms with Gasteiger partial charge >= 0.3 is 0 Å². The van der Waals surface area contributed by atoms with Gasteiger partial charge in [0.05, 0.1) is 6.33 Å². The second-order valence-corrected chi connectivity index (χ2v) is 6.18. The van der Waals surface area contributed by atoms with E-state index in [1.54, 1.807) is 18.5 Å². The SMILES string of the molecule is C[C@H](CNS(=O)(=O)c1cn(C)cn1)Oc1ccccc1. The fraction of sp³-hybridized carbons (Fsp3) is 0.308. The molecular formula is C13H17N3O3S. The van der Waals surface area contributed by atoms with Gasteiger partial charge in [0.25, 0.3) is 10.0 Å². The van der Waals surface area contributed by atoms with E-state index in [0.29, 0.717) is 5.75 Å². The molecule has 20 heavy (non-hydrogen) atoms. The van der Waals surface area contributed by atoms with Crippen molar-refractivity contribution in [3.63, 3.8) is 0 Å². The Hall–Kier alpha value is -1.86. The molecule has 0 bridgehead atoms. The first-order valence-electron chi connectivity index (χ1n) is 6.17. The summed E-state index contributed by atoms with van der Waals surface area (Å²) in [6.07, 6.45) is 2.61. The van der Waals surface area contributed by atoms with Gasteiger partial charge < -0.3 is 9.30 Å². The fourth-order valence-corrected chi connectivity index (χ4v) is 2.69. The Bertz CT molecular complexity index is 653. The van der Waals surface area contributed by atoms with Gasteiger partial charge in [-0.1, -0.05) is 18.2 Å². The summed E-state index contributed by atoms with van der Waals surface area (Å²) < 4.78 is 33.6. The van der Waals surface area contributed by atoms with Gasteiger partial charge in [0.1, 0.15) is 11.9 Å². The molecule has 1 heterocycles. The minimum absolute atomic E-state index is 0.00640. The van der Waals surface area contributed by atoms with E-state index in [-0.39, 0.29) is 17.7 Å². The standard InChI is InChI=1S/C13H17N3O3S/c1-11(19-12-6-4-3-5-7-12)8-15-20(17,18)13-9-16(2)10-14-13/h3-7,9-11,15H,8H2,1-2H3/t11-/m1/s1. The number of ether oxygens (including phenoxy) is 1. The van der Waals surface area contributed by atoms with Crippen molar-refractivity contribution in [3.8, 4) is 5.75 Å².